The molecule has 1 aromatic heterocycles. The van der Waals surface area contributed by atoms with Crippen LogP contribution in [0.4, 0.5) is 5.69 Å². The van der Waals surface area contributed by atoms with Gasteiger partial charge >= 0.3 is 5.76 Å². The molecule has 6 nitrogen and oxygen atoms in total. The van der Waals surface area contributed by atoms with E-state index < -0.39 is 5.76 Å². The zero-order valence-corrected chi connectivity index (χ0v) is 9.77. The van der Waals surface area contributed by atoms with Crippen LogP contribution in [0.15, 0.2) is 27.4 Å². The first-order chi connectivity index (χ1) is 8.60. The Balaban J connectivity index is 2.22. The molecule has 0 saturated carbocycles. The van der Waals surface area contributed by atoms with Crippen molar-refractivity contribution < 1.29 is 9.21 Å². The van der Waals surface area contributed by atoms with Crippen molar-refractivity contribution in [3.05, 3.63) is 28.7 Å². The van der Waals surface area contributed by atoms with Crippen LogP contribution in [0.5, 0.6) is 0 Å². The molecule has 0 atom stereocenters. The number of benzene rings is 1. The summed E-state index contributed by atoms with van der Waals surface area (Å²) in [5.74, 6) is -0.661. The summed E-state index contributed by atoms with van der Waals surface area (Å²) < 4.78 is 4.88. The van der Waals surface area contributed by atoms with Gasteiger partial charge in [0, 0.05) is 12.7 Å². The Hall–Kier alpha value is -2.55. The summed E-state index contributed by atoms with van der Waals surface area (Å²) in [5, 5.41) is 8.42. The Labute approximate surface area is 102 Å². The number of carbonyl (C=O) groups excluding carboxylic acids is 1. The van der Waals surface area contributed by atoms with Gasteiger partial charge in [-0.15, -0.1) is 0 Å². The number of anilines is 1. The third kappa shape index (κ3) is 2.40. The second kappa shape index (κ2) is 4.75. The molecule has 0 saturated heterocycles. The molecule has 0 radical (unpaired) electrons. The van der Waals surface area contributed by atoms with Gasteiger partial charge in [-0.1, -0.05) is 0 Å². The van der Waals surface area contributed by atoms with Crippen molar-refractivity contribution in [2.45, 2.75) is 6.42 Å². The lowest BCUT2D eigenvalue weighted by Crippen LogP contribution is -2.25. The highest BCUT2D eigenvalue weighted by atomic mass is 16.4. The van der Waals surface area contributed by atoms with Gasteiger partial charge in [-0.25, -0.2) is 4.79 Å². The number of oxazole rings is 1. The van der Waals surface area contributed by atoms with Crippen molar-refractivity contribution in [1.29, 1.82) is 5.26 Å². The summed E-state index contributed by atoms with van der Waals surface area (Å²) in [6, 6.07) is 6.95. The highest BCUT2D eigenvalue weighted by Crippen LogP contribution is 2.18. The lowest BCUT2D eigenvalue weighted by Gasteiger charge is -2.17. The van der Waals surface area contributed by atoms with Crippen molar-refractivity contribution in [2.75, 3.05) is 18.5 Å². The number of ketones is 1. The number of carbonyl (C=O) groups is 1. The third-order valence-corrected chi connectivity index (χ3v) is 2.53. The lowest BCUT2D eigenvalue weighted by molar-refractivity contribution is -0.116. The van der Waals surface area contributed by atoms with Crippen LogP contribution in [0.3, 0.4) is 0 Å². The average molecular weight is 245 g/mol. The first kappa shape index (κ1) is 11.9. The highest BCUT2D eigenvalue weighted by molar-refractivity contribution is 5.86. The van der Waals surface area contributed by atoms with Crippen molar-refractivity contribution >= 4 is 22.6 Å². The number of nitrogens with one attached hydrogen (secondary N) is 1. The topological polar surface area (TPSA) is 90.1 Å². The predicted octanol–water partition coefficient (Wildman–Crippen LogP) is 1.04. The Kier molecular flexibility index (Phi) is 3.15. The summed E-state index contributed by atoms with van der Waals surface area (Å²) in [5.41, 5.74) is 1.82. The number of likely N-dealkylation sites (N-methyl/N-ethyl adjacent to an activating group) is 1. The lowest BCUT2D eigenvalue weighted by atomic mass is 10.2. The summed E-state index contributed by atoms with van der Waals surface area (Å²) in [6.45, 7) is 0.154. The van der Waals surface area contributed by atoms with E-state index >= 15 is 0 Å². The van der Waals surface area contributed by atoms with Crippen LogP contribution in [-0.2, 0) is 4.79 Å². The fourth-order valence-electron chi connectivity index (χ4n) is 1.68. The number of aromatic nitrogens is 1. The molecule has 0 aliphatic rings. The summed E-state index contributed by atoms with van der Waals surface area (Å²) in [7, 11) is 1.74. The largest absolute Gasteiger partial charge is 0.417 e. The van der Waals surface area contributed by atoms with Gasteiger partial charge in [0.25, 0.3) is 0 Å². The molecule has 0 unspecified atom stereocenters. The van der Waals surface area contributed by atoms with Crippen molar-refractivity contribution in [3.8, 4) is 6.07 Å². The van der Waals surface area contributed by atoms with E-state index in [0.29, 0.717) is 11.1 Å². The number of aromatic amines is 1. The van der Waals surface area contributed by atoms with Crippen LogP contribution >= 0.6 is 0 Å². The van der Waals surface area contributed by atoms with Crippen LogP contribution < -0.4 is 10.7 Å². The monoisotopic (exact) mass is 245 g/mol. The SMILES string of the molecule is CN(CC(=O)CC#N)c1ccc2oc(=O)[nH]c2c1. The van der Waals surface area contributed by atoms with Crippen LogP contribution in [0.1, 0.15) is 6.42 Å². The van der Waals surface area contributed by atoms with Gasteiger partial charge < -0.3 is 9.32 Å². The van der Waals surface area contributed by atoms with Crippen molar-refractivity contribution in [2.24, 2.45) is 0 Å². The molecular formula is C12H11N3O3. The van der Waals surface area contributed by atoms with E-state index in [1.165, 1.54) is 0 Å². The fraction of sp³-hybridized carbons (Fsp3) is 0.250. The van der Waals surface area contributed by atoms with E-state index in [-0.39, 0.29) is 18.7 Å². The molecule has 6 heteroatoms. The molecule has 0 aliphatic heterocycles. The van der Waals surface area contributed by atoms with Crippen LogP contribution in [0.25, 0.3) is 11.1 Å². The van der Waals surface area contributed by atoms with Crippen molar-refractivity contribution in [1.82, 2.24) is 4.98 Å². The van der Waals surface area contributed by atoms with Gasteiger partial charge in [-0.2, -0.15) is 5.26 Å². The maximum Gasteiger partial charge on any atom is 0.417 e. The summed E-state index contributed by atoms with van der Waals surface area (Å²) in [6.07, 6.45) is -0.102. The Morgan fingerprint density at radius 3 is 3.06 bits per heavy atom. The maximum absolute atomic E-state index is 11.4. The number of nitriles is 1. The molecule has 92 valence electrons. The van der Waals surface area contributed by atoms with E-state index in [1.54, 1.807) is 30.1 Å². The van der Waals surface area contributed by atoms with Gasteiger partial charge in [0.1, 0.15) is 0 Å². The fourth-order valence-corrected chi connectivity index (χ4v) is 1.68. The molecule has 18 heavy (non-hydrogen) atoms. The third-order valence-electron chi connectivity index (χ3n) is 2.53. The first-order valence-electron chi connectivity index (χ1n) is 5.33. The minimum absolute atomic E-state index is 0.102. The molecule has 1 N–H and O–H groups in total. The van der Waals surface area contributed by atoms with Gasteiger partial charge in [-0.05, 0) is 18.2 Å². The summed E-state index contributed by atoms with van der Waals surface area (Å²) >= 11 is 0. The second-order valence-electron chi connectivity index (χ2n) is 3.92. The number of nitrogens with zero attached hydrogens (tertiary/aromatic N) is 2. The van der Waals surface area contributed by atoms with Gasteiger partial charge in [-0.3, -0.25) is 9.78 Å². The zero-order chi connectivity index (χ0) is 13.1. The van der Waals surface area contributed by atoms with Crippen molar-refractivity contribution in [3.63, 3.8) is 0 Å². The van der Waals surface area contributed by atoms with E-state index in [4.69, 9.17) is 9.68 Å². The van der Waals surface area contributed by atoms with Gasteiger partial charge in [0.05, 0.1) is 24.6 Å². The molecule has 0 amide bonds. The smallest absolute Gasteiger partial charge is 0.408 e. The molecule has 0 spiro atoms. The minimum atomic E-state index is -0.509. The number of hydrogen-bond acceptors (Lipinski definition) is 5. The zero-order valence-electron chi connectivity index (χ0n) is 9.77. The normalized spacial score (nSPS) is 10.2. The van der Waals surface area contributed by atoms with E-state index in [2.05, 4.69) is 4.98 Å². The molecule has 0 aliphatic carbocycles. The molecule has 1 aromatic carbocycles. The molecule has 2 aromatic rings. The number of rotatable bonds is 4. The Morgan fingerprint density at radius 1 is 1.56 bits per heavy atom. The van der Waals surface area contributed by atoms with E-state index in [9.17, 15) is 9.59 Å². The Bertz CT molecular complexity index is 678. The quantitative estimate of drug-likeness (QED) is 0.869. The first-order valence-corrected chi connectivity index (χ1v) is 5.33. The Morgan fingerprint density at radius 2 is 2.33 bits per heavy atom. The van der Waals surface area contributed by atoms with E-state index in [1.807, 2.05) is 6.07 Å². The minimum Gasteiger partial charge on any atom is -0.408 e. The molecule has 0 fully saturated rings. The number of hydrogen-bond donors (Lipinski definition) is 1. The number of fused-ring (bicyclic) bond motifs is 1. The molecular weight excluding hydrogens is 234 g/mol. The molecule has 1 heterocycles. The van der Waals surface area contributed by atoms with Crippen LogP contribution in [0.2, 0.25) is 0 Å². The second-order valence-corrected chi connectivity index (χ2v) is 3.92. The van der Waals surface area contributed by atoms with Crippen LogP contribution in [-0.4, -0.2) is 24.4 Å². The molecule has 2 rings (SSSR count). The maximum atomic E-state index is 11.4. The summed E-state index contributed by atoms with van der Waals surface area (Å²) in [4.78, 5) is 26.6. The van der Waals surface area contributed by atoms with E-state index in [0.717, 1.165) is 5.69 Å². The van der Waals surface area contributed by atoms with Gasteiger partial charge in [0.15, 0.2) is 11.4 Å². The molecule has 0 bridgehead atoms. The highest BCUT2D eigenvalue weighted by Gasteiger charge is 2.09. The predicted molar refractivity (Wildman–Crippen MR) is 65.3 cm³/mol. The number of H-pyrrole nitrogens is 1. The number of Topliss-reactive ketones (excluding diaryl/α,β-unsaturated/α-hetero) is 1. The van der Waals surface area contributed by atoms with Crippen LogP contribution in [0, 0.1) is 11.3 Å². The van der Waals surface area contributed by atoms with Gasteiger partial charge in [0.2, 0.25) is 0 Å². The average Bonchev–Trinajstić information content (AvgIpc) is 2.68. The standard InChI is InChI=1S/C12H11N3O3/c1-15(7-9(16)4-5-13)8-2-3-11-10(6-8)14-12(17)18-11/h2-3,6H,4,7H2,1H3,(H,14,17).